The molecular weight excluding hydrogens is 277 g/mol. The highest BCUT2D eigenvalue weighted by Crippen LogP contribution is 2.40. The number of rotatable bonds is 4. The molecule has 1 aromatic rings. The average Bonchev–Trinajstić information content (AvgIpc) is 2.45. The number of hydrogen-bond donors (Lipinski definition) is 2. The molecule has 0 aliphatic carbocycles. The minimum atomic E-state index is -4.28. The van der Waals surface area contributed by atoms with Gasteiger partial charge in [-0.1, -0.05) is 13.8 Å². The molecule has 1 aromatic carbocycles. The molecule has 3 atom stereocenters. The lowest BCUT2D eigenvalue weighted by molar-refractivity contribution is -0.137. The predicted octanol–water partition coefficient (Wildman–Crippen LogP) is 4.23. The average molecular weight is 300 g/mol. The van der Waals surface area contributed by atoms with E-state index in [1.165, 1.54) is 6.07 Å². The van der Waals surface area contributed by atoms with Crippen molar-refractivity contribution in [2.45, 2.75) is 38.8 Å². The van der Waals surface area contributed by atoms with Crippen LogP contribution in [0.4, 0.5) is 18.9 Å². The molecule has 0 bridgehead atoms. The summed E-state index contributed by atoms with van der Waals surface area (Å²) < 4.78 is 38.5. The normalized spacial score (nSPS) is 23.3. The van der Waals surface area contributed by atoms with Crippen LogP contribution in [-0.2, 0) is 6.18 Å². The number of halogens is 3. The number of benzene rings is 1. The molecule has 0 radical (unpaired) electrons. The zero-order valence-electron chi connectivity index (χ0n) is 12.5. The molecule has 21 heavy (non-hydrogen) atoms. The van der Waals surface area contributed by atoms with E-state index in [9.17, 15) is 13.2 Å². The zero-order valence-corrected chi connectivity index (χ0v) is 12.5. The Morgan fingerprint density at radius 1 is 1.38 bits per heavy atom. The van der Waals surface area contributed by atoms with Crippen molar-refractivity contribution in [2.75, 3.05) is 18.4 Å². The van der Waals surface area contributed by atoms with E-state index in [1.54, 1.807) is 6.07 Å². The molecule has 0 saturated heterocycles. The van der Waals surface area contributed by atoms with Gasteiger partial charge in [-0.2, -0.15) is 13.2 Å². The number of alkyl halides is 3. The standard InChI is InChI=1S/C16H23F3N2/c1-10(8-20)3-4-12-9-21-15-6-5-13(16(17,18)19)7-14(15)11(12)2/h5-7,10-12,21H,3-4,8-9,20H2,1-2H3. The first-order valence-corrected chi connectivity index (χ1v) is 7.48. The van der Waals surface area contributed by atoms with Crippen LogP contribution in [0, 0.1) is 11.8 Å². The largest absolute Gasteiger partial charge is 0.416 e. The monoisotopic (exact) mass is 300 g/mol. The highest BCUT2D eigenvalue weighted by molar-refractivity contribution is 5.56. The first kappa shape index (κ1) is 16.1. The van der Waals surface area contributed by atoms with Gasteiger partial charge in [0.2, 0.25) is 0 Å². The van der Waals surface area contributed by atoms with E-state index in [0.29, 0.717) is 18.4 Å². The molecule has 3 N–H and O–H groups in total. The smallest absolute Gasteiger partial charge is 0.385 e. The van der Waals surface area contributed by atoms with E-state index >= 15 is 0 Å². The zero-order chi connectivity index (χ0) is 15.6. The summed E-state index contributed by atoms with van der Waals surface area (Å²) >= 11 is 0. The summed E-state index contributed by atoms with van der Waals surface area (Å²) in [7, 11) is 0. The maximum Gasteiger partial charge on any atom is 0.416 e. The van der Waals surface area contributed by atoms with Crippen molar-refractivity contribution in [1.82, 2.24) is 0 Å². The molecule has 0 amide bonds. The fraction of sp³-hybridized carbons (Fsp3) is 0.625. The van der Waals surface area contributed by atoms with Crippen molar-refractivity contribution in [3.05, 3.63) is 29.3 Å². The molecule has 118 valence electrons. The number of nitrogens with one attached hydrogen (secondary N) is 1. The number of nitrogens with two attached hydrogens (primary N) is 1. The number of hydrogen-bond acceptors (Lipinski definition) is 2. The van der Waals surface area contributed by atoms with E-state index < -0.39 is 11.7 Å². The quantitative estimate of drug-likeness (QED) is 0.873. The third-order valence-electron chi connectivity index (χ3n) is 4.56. The second-order valence-electron chi connectivity index (χ2n) is 6.15. The minimum Gasteiger partial charge on any atom is -0.385 e. The predicted molar refractivity (Wildman–Crippen MR) is 79.3 cm³/mol. The highest BCUT2D eigenvalue weighted by Gasteiger charge is 2.33. The molecule has 2 rings (SSSR count). The lowest BCUT2D eigenvalue weighted by atomic mass is 9.79. The Bertz CT molecular complexity index is 485. The molecule has 0 aromatic heterocycles. The number of fused-ring (bicyclic) bond motifs is 1. The van der Waals surface area contributed by atoms with Gasteiger partial charge in [0.15, 0.2) is 0 Å². The molecule has 2 nitrogen and oxygen atoms in total. The van der Waals surface area contributed by atoms with Crippen LogP contribution in [0.25, 0.3) is 0 Å². The Labute approximate surface area is 123 Å². The Balaban J connectivity index is 2.15. The van der Waals surface area contributed by atoms with E-state index in [4.69, 9.17) is 5.73 Å². The van der Waals surface area contributed by atoms with Gasteiger partial charge in [0.05, 0.1) is 5.56 Å². The van der Waals surface area contributed by atoms with Crippen molar-refractivity contribution in [1.29, 1.82) is 0 Å². The van der Waals surface area contributed by atoms with Gasteiger partial charge in [-0.05, 0) is 60.9 Å². The highest BCUT2D eigenvalue weighted by atomic mass is 19.4. The molecule has 0 fully saturated rings. The van der Waals surface area contributed by atoms with Crippen LogP contribution in [0.15, 0.2) is 18.2 Å². The van der Waals surface area contributed by atoms with Crippen molar-refractivity contribution in [3.63, 3.8) is 0 Å². The van der Waals surface area contributed by atoms with Crippen molar-refractivity contribution in [2.24, 2.45) is 17.6 Å². The van der Waals surface area contributed by atoms with E-state index in [2.05, 4.69) is 12.2 Å². The van der Waals surface area contributed by atoms with E-state index in [-0.39, 0.29) is 5.92 Å². The molecule has 1 aliphatic rings. The molecule has 1 aliphatic heterocycles. The van der Waals surface area contributed by atoms with Crippen LogP contribution in [0.2, 0.25) is 0 Å². The van der Waals surface area contributed by atoms with Crippen LogP contribution >= 0.6 is 0 Å². The van der Waals surface area contributed by atoms with Crippen molar-refractivity contribution < 1.29 is 13.2 Å². The van der Waals surface area contributed by atoms with Crippen molar-refractivity contribution >= 4 is 5.69 Å². The summed E-state index contributed by atoms with van der Waals surface area (Å²) in [4.78, 5) is 0. The lowest BCUT2D eigenvalue weighted by Gasteiger charge is -2.33. The first-order valence-electron chi connectivity index (χ1n) is 7.48. The summed E-state index contributed by atoms with van der Waals surface area (Å²) in [6.45, 7) is 5.61. The van der Waals surface area contributed by atoms with Crippen LogP contribution in [-0.4, -0.2) is 13.1 Å². The topological polar surface area (TPSA) is 38.0 Å². The lowest BCUT2D eigenvalue weighted by Crippen LogP contribution is -2.27. The van der Waals surface area contributed by atoms with Crippen LogP contribution in [0.1, 0.15) is 43.7 Å². The third kappa shape index (κ3) is 3.70. The van der Waals surface area contributed by atoms with E-state index in [1.807, 2.05) is 6.92 Å². The van der Waals surface area contributed by atoms with Gasteiger partial charge < -0.3 is 11.1 Å². The van der Waals surface area contributed by atoms with Crippen LogP contribution in [0.5, 0.6) is 0 Å². The van der Waals surface area contributed by atoms with Gasteiger partial charge in [0, 0.05) is 12.2 Å². The van der Waals surface area contributed by atoms with Crippen LogP contribution in [0.3, 0.4) is 0 Å². The van der Waals surface area contributed by atoms with Crippen LogP contribution < -0.4 is 11.1 Å². The number of anilines is 1. The van der Waals surface area contributed by atoms with Gasteiger partial charge in [-0.3, -0.25) is 0 Å². The van der Waals surface area contributed by atoms with Gasteiger partial charge in [-0.25, -0.2) is 0 Å². The minimum absolute atomic E-state index is 0.133. The maximum absolute atomic E-state index is 12.8. The third-order valence-corrected chi connectivity index (χ3v) is 4.56. The Hall–Kier alpha value is -1.23. The Morgan fingerprint density at radius 3 is 2.71 bits per heavy atom. The molecule has 0 spiro atoms. The second-order valence-corrected chi connectivity index (χ2v) is 6.15. The molecule has 3 unspecified atom stereocenters. The summed E-state index contributed by atoms with van der Waals surface area (Å²) in [6, 6.07) is 3.99. The SMILES string of the molecule is CC(CN)CCC1CNc2ccc(C(F)(F)F)cc2C1C. The van der Waals surface area contributed by atoms with E-state index in [0.717, 1.165) is 36.7 Å². The molecular formula is C16H23F3N2. The molecule has 5 heteroatoms. The fourth-order valence-corrected chi connectivity index (χ4v) is 2.92. The first-order chi connectivity index (χ1) is 9.82. The molecule has 0 saturated carbocycles. The Morgan fingerprint density at radius 2 is 2.10 bits per heavy atom. The second kappa shape index (κ2) is 6.26. The summed E-state index contributed by atoms with van der Waals surface area (Å²) in [5, 5.41) is 3.26. The fourth-order valence-electron chi connectivity index (χ4n) is 2.92. The van der Waals surface area contributed by atoms with Gasteiger partial charge in [-0.15, -0.1) is 0 Å². The van der Waals surface area contributed by atoms with Gasteiger partial charge in [0.1, 0.15) is 0 Å². The van der Waals surface area contributed by atoms with Gasteiger partial charge >= 0.3 is 6.18 Å². The maximum atomic E-state index is 12.8. The van der Waals surface area contributed by atoms with Gasteiger partial charge in [0.25, 0.3) is 0 Å². The summed E-state index contributed by atoms with van der Waals surface area (Å²) in [6.07, 6.45) is -2.28. The summed E-state index contributed by atoms with van der Waals surface area (Å²) in [5.41, 5.74) is 6.67. The summed E-state index contributed by atoms with van der Waals surface area (Å²) in [5.74, 6) is 0.948. The molecule has 1 heterocycles. The van der Waals surface area contributed by atoms with Crippen molar-refractivity contribution in [3.8, 4) is 0 Å². The Kier molecular flexibility index (Phi) is 4.81.